The lowest BCUT2D eigenvalue weighted by Crippen LogP contribution is -2.30. The number of fused-ring (bicyclic) bond motifs is 2. The van der Waals surface area contributed by atoms with Crippen LogP contribution in [0.1, 0.15) is 29.4 Å². The fourth-order valence-electron chi connectivity index (χ4n) is 5.01. The van der Waals surface area contributed by atoms with Crippen LogP contribution in [0.2, 0.25) is 0 Å². The molecule has 5 heterocycles. The Labute approximate surface area is 212 Å². The number of hydrogen-bond acceptors (Lipinski definition) is 8. The van der Waals surface area contributed by atoms with E-state index < -0.39 is 0 Å². The van der Waals surface area contributed by atoms with Gasteiger partial charge in [0.1, 0.15) is 29.3 Å². The largest absolute Gasteiger partial charge is 0.495 e. The van der Waals surface area contributed by atoms with Crippen molar-refractivity contribution in [2.45, 2.75) is 18.9 Å². The minimum atomic E-state index is -0.259. The summed E-state index contributed by atoms with van der Waals surface area (Å²) in [6.45, 7) is 1.85. The highest BCUT2D eigenvalue weighted by molar-refractivity contribution is 6.07. The number of nitrogens with one attached hydrogen (secondary N) is 2. The Morgan fingerprint density at radius 3 is 2.78 bits per heavy atom. The number of anilines is 2. The quantitative estimate of drug-likeness (QED) is 0.337. The van der Waals surface area contributed by atoms with Crippen molar-refractivity contribution in [2.75, 3.05) is 31.2 Å². The van der Waals surface area contributed by atoms with Gasteiger partial charge in [-0.25, -0.2) is 14.6 Å². The lowest BCUT2D eigenvalue weighted by molar-refractivity contribution is 0.101. The van der Waals surface area contributed by atoms with Gasteiger partial charge in [-0.2, -0.15) is 5.10 Å². The molecule has 0 aliphatic carbocycles. The summed E-state index contributed by atoms with van der Waals surface area (Å²) in [5, 5.41) is 12.0. The summed E-state index contributed by atoms with van der Waals surface area (Å²) in [5.41, 5.74) is 11.2. The van der Waals surface area contributed by atoms with E-state index in [2.05, 4.69) is 25.6 Å². The van der Waals surface area contributed by atoms with Gasteiger partial charge in [0.2, 0.25) is 0 Å². The molecule has 1 aliphatic heterocycles. The van der Waals surface area contributed by atoms with Crippen LogP contribution in [-0.2, 0) is 7.05 Å². The number of benzene rings is 1. The number of nitrogens with two attached hydrogens (primary N) is 1. The van der Waals surface area contributed by atoms with E-state index in [4.69, 9.17) is 15.6 Å². The van der Waals surface area contributed by atoms with Gasteiger partial charge in [-0.1, -0.05) is 6.07 Å². The molecule has 37 heavy (non-hydrogen) atoms. The first kappa shape index (κ1) is 22.9. The molecule has 0 radical (unpaired) electrons. The van der Waals surface area contributed by atoms with Gasteiger partial charge in [0.15, 0.2) is 5.65 Å². The summed E-state index contributed by atoms with van der Waals surface area (Å²) in [6, 6.07) is 11.3. The Kier molecular flexibility index (Phi) is 5.68. The molecule has 5 aromatic rings. The molecule has 0 spiro atoms. The van der Waals surface area contributed by atoms with Crippen molar-refractivity contribution in [1.29, 1.82) is 0 Å². The van der Waals surface area contributed by atoms with E-state index in [9.17, 15) is 4.79 Å². The number of pyridine rings is 1. The summed E-state index contributed by atoms with van der Waals surface area (Å²) < 4.78 is 9.45. The van der Waals surface area contributed by atoms with Crippen LogP contribution in [0, 0.1) is 0 Å². The molecular weight excluding hydrogens is 470 g/mol. The average Bonchev–Trinajstić information content (AvgIpc) is 3.49. The van der Waals surface area contributed by atoms with Crippen molar-refractivity contribution >= 4 is 39.5 Å². The second kappa shape index (κ2) is 9.17. The summed E-state index contributed by atoms with van der Waals surface area (Å²) in [6.07, 6.45) is 5.10. The van der Waals surface area contributed by atoms with Gasteiger partial charge in [0.25, 0.3) is 5.91 Å². The van der Waals surface area contributed by atoms with Crippen molar-refractivity contribution in [1.82, 2.24) is 34.6 Å². The number of carbonyl (C=O) groups excluding carboxylic acids is 1. The van der Waals surface area contributed by atoms with Gasteiger partial charge in [-0.15, -0.1) is 0 Å². The van der Waals surface area contributed by atoms with Gasteiger partial charge >= 0.3 is 0 Å². The molecule has 1 aromatic carbocycles. The van der Waals surface area contributed by atoms with Crippen LogP contribution in [0.5, 0.6) is 5.75 Å². The van der Waals surface area contributed by atoms with Crippen molar-refractivity contribution in [3.8, 4) is 17.0 Å². The number of methoxy groups -OCH3 is 1. The number of piperidine rings is 1. The molecular formula is C26H27N9O2. The number of rotatable bonds is 5. The Morgan fingerprint density at radius 1 is 1.16 bits per heavy atom. The minimum absolute atomic E-state index is 0.225. The molecule has 1 aliphatic rings. The molecule has 1 amide bonds. The summed E-state index contributed by atoms with van der Waals surface area (Å²) in [4.78, 5) is 26.2. The predicted octanol–water partition coefficient (Wildman–Crippen LogP) is 3.15. The molecule has 11 nitrogen and oxygen atoms in total. The zero-order valence-electron chi connectivity index (χ0n) is 20.6. The fraction of sp³-hybridized carbons (Fsp3) is 0.269. The third-order valence-corrected chi connectivity index (χ3v) is 6.94. The Hall–Kier alpha value is -4.51. The summed E-state index contributed by atoms with van der Waals surface area (Å²) in [5.74, 6) is 0.619. The number of amides is 1. The Balaban J connectivity index is 1.37. The summed E-state index contributed by atoms with van der Waals surface area (Å²) >= 11 is 0. The molecule has 4 aromatic heterocycles. The molecule has 0 unspecified atom stereocenters. The van der Waals surface area contributed by atoms with Crippen LogP contribution in [0.3, 0.4) is 0 Å². The van der Waals surface area contributed by atoms with Gasteiger partial charge < -0.3 is 25.7 Å². The molecule has 0 atom stereocenters. The predicted molar refractivity (Wildman–Crippen MR) is 142 cm³/mol. The van der Waals surface area contributed by atoms with Crippen LogP contribution >= 0.6 is 0 Å². The molecule has 1 saturated heterocycles. The van der Waals surface area contributed by atoms with E-state index >= 15 is 0 Å². The zero-order chi connectivity index (χ0) is 25.5. The van der Waals surface area contributed by atoms with Crippen molar-refractivity contribution in [3.05, 3.63) is 54.6 Å². The molecule has 6 rings (SSSR count). The fourth-order valence-corrected chi connectivity index (χ4v) is 5.01. The number of nitrogens with zero attached hydrogens (tertiary/aromatic N) is 6. The van der Waals surface area contributed by atoms with Crippen LogP contribution in [0.25, 0.3) is 33.3 Å². The van der Waals surface area contributed by atoms with E-state index in [0.29, 0.717) is 34.0 Å². The van der Waals surface area contributed by atoms with Gasteiger partial charge in [-0.3, -0.25) is 9.78 Å². The second-order valence-electron chi connectivity index (χ2n) is 9.10. The highest BCUT2D eigenvalue weighted by atomic mass is 16.5. The molecule has 0 saturated carbocycles. The lowest BCUT2D eigenvalue weighted by atomic mass is 10.1. The second-order valence-corrected chi connectivity index (χ2v) is 9.10. The van der Waals surface area contributed by atoms with Crippen molar-refractivity contribution in [3.63, 3.8) is 0 Å². The van der Waals surface area contributed by atoms with Crippen LogP contribution in [-0.4, -0.2) is 55.4 Å². The first-order valence-electron chi connectivity index (χ1n) is 12.1. The highest BCUT2D eigenvalue weighted by Crippen LogP contribution is 2.37. The highest BCUT2D eigenvalue weighted by Gasteiger charge is 2.24. The number of hydrogen-bond donors (Lipinski definition) is 3. The van der Waals surface area contributed by atoms with Crippen molar-refractivity contribution in [2.24, 2.45) is 7.05 Å². The van der Waals surface area contributed by atoms with E-state index in [0.717, 1.165) is 48.2 Å². The normalized spacial score (nSPS) is 14.3. The molecule has 11 heteroatoms. The number of carbonyl (C=O) groups is 1. The number of aryl methyl sites for hydroxylation is 1. The first-order chi connectivity index (χ1) is 18.0. The van der Waals surface area contributed by atoms with Gasteiger partial charge in [0, 0.05) is 18.8 Å². The number of ether oxygens (including phenoxy) is 1. The molecule has 188 valence electrons. The molecule has 0 bridgehead atoms. The lowest BCUT2D eigenvalue weighted by Gasteiger charge is -2.23. The van der Waals surface area contributed by atoms with Gasteiger partial charge in [-0.05, 0) is 56.3 Å². The smallest absolute Gasteiger partial charge is 0.272 e. The number of nitrogen functional groups attached to an aromatic ring is 1. The maximum Gasteiger partial charge on any atom is 0.272 e. The van der Waals surface area contributed by atoms with Crippen molar-refractivity contribution < 1.29 is 9.53 Å². The van der Waals surface area contributed by atoms with Crippen LogP contribution in [0.15, 0.2) is 48.9 Å². The molecule has 1 fully saturated rings. The Morgan fingerprint density at radius 2 is 2.00 bits per heavy atom. The average molecular weight is 498 g/mol. The van der Waals surface area contributed by atoms with Crippen LogP contribution < -0.4 is 21.1 Å². The van der Waals surface area contributed by atoms with Gasteiger partial charge in [0.05, 0.1) is 35.3 Å². The van der Waals surface area contributed by atoms with E-state index in [-0.39, 0.29) is 11.9 Å². The SMILES string of the molecule is COc1cc(-c2nn(C3CCNCC3)c3ncnc(N)c23)ccc1NC(=O)c1cc2ncccc2n1C. The monoisotopic (exact) mass is 497 g/mol. The minimum Gasteiger partial charge on any atom is -0.495 e. The maximum absolute atomic E-state index is 13.2. The van der Waals surface area contributed by atoms with E-state index in [1.165, 1.54) is 6.33 Å². The summed E-state index contributed by atoms with van der Waals surface area (Å²) in [7, 11) is 3.41. The van der Waals surface area contributed by atoms with Crippen LogP contribution in [0.4, 0.5) is 11.5 Å². The molecule has 4 N–H and O–H groups in total. The number of aromatic nitrogens is 6. The topological polar surface area (TPSA) is 138 Å². The Bertz CT molecular complexity index is 1630. The first-order valence-corrected chi connectivity index (χ1v) is 12.1. The maximum atomic E-state index is 13.2. The van der Waals surface area contributed by atoms with E-state index in [1.54, 1.807) is 19.4 Å². The zero-order valence-corrected chi connectivity index (χ0v) is 20.6. The van der Waals surface area contributed by atoms with E-state index in [1.807, 2.05) is 46.6 Å². The third-order valence-electron chi connectivity index (χ3n) is 6.94. The standard InChI is InChI=1S/C26H27N9O2/c1-34-19-4-3-9-29-18(19)13-20(34)26(36)32-17-6-5-15(12-21(17)37-2)23-22-24(27)30-14-31-25(22)35(33-23)16-7-10-28-11-8-16/h3-6,9,12-14,16,28H,7-8,10-11H2,1-2H3,(H,32,36)(H2,27,30,31). The third kappa shape index (κ3) is 3.93.